The molecule has 1 atom stereocenters. The van der Waals surface area contributed by atoms with E-state index in [-0.39, 0.29) is 30.0 Å². The fraction of sp³-hybridized carbons (Fsp3) is 0.524. The van der Waals surface area contributed by atoms with Crippen molar-refractivity contribution in [2.75, 3.05) is 39.8 Å². The molecule has 0 amide bonds. The van der Waals surface area contributed by atoms with E-state index in [2.05, 4.69) is 25.2 Å². The second-order valence-electron chi connectivity index (χ2n) is 7.21. The summed E-state index contributed by atoms with van der Waals surface area (Å²) in [6, 6.07) is 5.77. The van der Waals surface area contributed by atoms with Gasteiger partial charge in [0.2, 0.25) is 0 Å². The zero-order chi connectivity index (χ0) is 20.6. The largest absolute Gasteiger partial charge is 0.356 e. The van der Waals surface area contributed by atoms with Gasteiger partial charge in [0.15, 0.2) is 5.96 Å². The number of halogens is 3. The maximum absolute atomic E-state index is 14.3. The van der Waals surface area contributed by atoms with Crippen LogP contribution in [-0.4, -0.2) is 65.3 Å². The minimum absolute atomic E-state index is 0. The van der Waals surface area contributed by atoms with Gasteiger partial charge in [-0.25, -0.2) is 8.78 Å². The average Bonchev–Trinajstić information content (AvgIpc) is 3.24. The molecule has 2 heterocycles. The highest BCUT2D eigenvalue weighted by atomic mass is 127. The van der Waals surface area contributed by atoms with Crippen LogP contribution in [0.1, 0.15) is 31.4 Å². The lowest BCUT2D eigenvalue weighted by molar-refractivity contribution is 0.124. The third-order valence-electron chi connectivity index (χ3n) is 5.38. The number of rotatable bonds is 7. The Labute approximate surface area is 194 Å². The minimum Gasteiger partial charge on any atom is -0.356 e. The highest BCUT2D eigenvalue weighted by Crippen LogP contribution is 2.28. The number of hydrogen-bond acceptors (Lipinski definition) is 3. The first-order valence-corrected chi connectivity index (χ1v) is 10.2. The lowest BCUT2D eigenvalue weighted by Gasteiger charge is -2.40. The monoisotopic (exact) mass is 532 g/mol. The van der Waals surface area contributed by atoms with E-state index in [1.807, 2.05) is 23.9 Å². The molecule has 1 aromatic carbocycles. The number of aryl methyl sites for hydroxylation is 1. The number of piperazine rings is 1. The summed E-state index contributed by atoms with van der Waals surface area (Å²) in [5.41, 5.74) is 0.573. The molecule has 30 heavy (non-hydrogen) atoms. The van der Waals surface area contributed by atoms with Gasteiger partial charge in [0.1, 0.15) is 11.6 Å². The van der Waals surface area contributed by atoms with Gasteiger partial charge in [-0.1, -0.05) is 13.0 Å². The molecule has 166 valence electrons. The van der Waals surface area contributed by atoms with Crippen molar-refractivity contribution in [3.05, 3.63) is 53.9 Å². The molecule has 2 aromatic rings. The summed E-state index contributed by atoms with van der Waals surface area (Å²) in [4.78, 5) is 8.92. The van der Waals surface area contributed by atoms with Gasteiger partial charge in [-0.05, 0) is 25.0 Å². The van der Waals surface area contributed by atoms with Crippen molar-refractivity contribution < 1.29 is 8.78 Å². The molecule has 0 bridgehead atoms. The quantitative estimate of drug-likeness (QED) is 0.257. The van der Waals surface area contributed by atoms with Crippen LogP contribution in [0.4, 0.5) is 8.78 Å². The van der Waals surface area contributed by atoms with Crippen LogP contribution in [0, 0.1) is 11.6 Å². The zero-order valence-electron chi connectivity index (χ0n) is 17.6. The van der Waals surface area contributed by atoms with E-state index in [1.165, 1.54) is 6.07 Å². The van der Waals surface area contributed by atoms with Gasteiger partial charge in [0.25, 0.3) is 0 Å². The standard InChI is InChI=1S/C21H30F2N6.HI/c1-3-20(18-7-6-17(22)16-19(18)23)27-12-14-28(15-13-27)21(24-2)25-8-4-10-29-11-5-9-26-29;/h5-7,9,11,16,20H,3-4,8,10,12-15H2,1-2H3,(H,24,25);1H. The van der Waals surface area contributed by atoms with Crippen molar-refractivity contribution in [1.29, 1.82) is 0 Å². The molecule has 6 nitrogen and oxygen atoms in total. The molecule has 3 rings (SSSR count). The number of aliphatic imine (C=N–C) groups is 1. The van der Waals surface area contributed by atoms with Gasteiger partial charge in [-0.3, -0.25) is 14.6 Å². The molecule has 1 saturated heterocycles. The fourth-order valence-corrected chi connectivity index (χ4v) is 3.90. The third kappa shape index (κ3) is 6.37. The topological polar surface area (TPSA) is 48.7 Å². The average molecular weight is 532 g/mol. The van der Waals surface area contributed by atoms with Crippen molar-refractivity contribution >= 4 is 29.9 Å². The van der Waals surface area contributed by atoms with Crippen LogP contribution in [0.3, 0.4) is 0 Å². The van der Waals surface area contributed by atoms with E-state index in [4.69, 9.17) is 0 Å². The highest BCUT2D eigenvalue weighted by molar-refractivity contribution is 14.0. The molecule has 9 heteroatoms. The van der Waals surface area contributed by atoms with E-state index >= 15 is 0 Å². The van der Waals surface area contributed by atoms with Crippen molar-refractivity contribution in [3.63, 3.8) is 0 Å². The van der Waals surface area contributed by atoms with Gasteiger partial charge >= 0.3 is 0 Å². The van der Waals surface area contributed by atoms with Crippen LogP contribution in [0.2, 0.25) is 0 Å². The van der Waals surface area contributed by atoms with Crippen LogP contribution >= 0.6 is 24.0 Å². The Balaban J connectivity index is 0.00000320. The number of benzene rings is 1. The zero-order valence-corrected chi connectivity index (χ0v) is 19.9. The Morgan fingerprint density at radius 3 is 2.60 bits per heavy atom. The first-order chi connectivity index (χ1) is 14.1. The van der Waals surface area contributed by atoms with Crippen LogP contribution in [0.15, 0.2) is 41.7 Å². The van der Waals surface area contributed by atoms with Crippen LogP contribution < -0.4 is 5.32 Å². The smallest absolute Gasteiger partial charge is 0.193 e. The predicted octanol–water partition coefficient (Wildman–Crippen LogP) is 3.51. The lowest BCUT2D eigenvalue weighted by Crippen LogP contribution is -2.53. The van der Waals surface area contributed by atoms with Gasteiger partial charge in [-0.2, -0.15) is 5.10 Å². The molecule has 0 radical (unpaired) electrons. The summed E-state index contributed by atoms with van der Waals surface area (Å²) in [5.74, 6) is -0.103. The molecule has 0 saturated carbocycles. The Hall–Kier alpha value is -1.75. The maximum Gasteiger partial charge on any atom is 0.193 e. The van der Waals surface area contributed by atoms with Gasteiger partial charge in [-0.15, -0.1) is 24.0 Å². The Morgan fingerprint density at radius 2 is 2.00 bits per heavy atom. The number of guanidine groups is 1. The Kier molecular flexibility index (Phi) is 9.96. The van der Waals surface area contributed by atoms with Gasteiger partial charge in [0.05, 0.1) is 0 Å². The summed E-state index contributed by atoms with van der Waals surface area (Å²) in [5, 5.41) is 7.63. The maximum atomic E-state index is 14.3. The second-order valence-corrected chi connectivity index (χ2v) is 7.21. The summed E-state index contributed by atoms with van der Waals surface area (Å²) in [6.45, 7) is 6.99. The highest BCUT2D eigenvalue weighted by Gasteiger charge is 2.27. The minimum atomic E-state index is -0.534. The third-order valence-corrected chi connectivity index (χ3v) is 5.38. The first kappa shape index (κ1) is 24.5. The van der Waals surface area contributed by atoms with Crippen LogP contribution in [-0.2, 0) is 6.54 Å². The summed E-state index contributed by atoms with van der Waals surface area (Å²) >= 11 is 0. The van der Waals surface area contributed by atoms with Gasteiger partial charge < -0.3 is 10.2 Å². The van der Waals surface area contributed by atoms with E-state index in [0.29, 0.717) is 5.56 Å². The summed E-state index contributed by atoms with van der Waals surface area (Å²) < 4.78 is 29.4. The molecule has 0 aliphatic carbocycles. The normalized spacial score (nSPS) is 16.3. The van der Waals surface area contributed by atoms with E-state index in [1.54, 1.807) is 19.3 Å². The van der Waals surface area contributed by atoms with Crippen LogP contribution in [0.25, 0.3) is 0 Å². The predicted molar refractivity (Wildman–Crippen MR) is 126 cm³/mol. The van der Waals surface area contributed by atoms with Gasteiger partial charge in [0, 0.05) is 76.4 Å². The van der Waals surface area contributed by atoms with Crippen molar-refractivity contribution in [3.8, 4) is 0 Å². The van der Waals surface area contributed by atoms with Crippen LogP contribution in [0.5, 0.6) is 0 Å². The molecule has 1 unspecified atom stereocenters. The molecule has 0 spiro atoms. The summed E-state index contributed by atoms with van der Waals surface area (Å²) in [6.07, 6.45) is 5.49. The Bertz CT molecular complexity index is 791. The number of hydrogen-bond donors (Lipinski definition) is 1. The van der Waals surface area contributed by atoms with E-state index in [9.17, 15) is 8.78 Å². The Morgan fingerprint density at radius 1 is 1.23 bits per heavy atom. The molecule has 1 aromatic heterocycles. The number of nitrogens with one attached hydrogen (secondary N) is 1. The SMILES string of the molecule is CCC(c1ccc(F)cc1F)N1CCN(C(=NC)NCCCn2cccn2)CC1.I. The summed E-state index contributed by atoms with van der Waals surface area (Å²) in [7, 11) is 1.80. The molecule has 1 aliphatic rings. The molecule has 1 N–H and O–H groups in total. The van der Waals surface area contributed by atoms with Crippen molar-refractivity contribution in [1.82, 2.24) is 24.9 Å². The first-order valence-electron chi connectivity index (χ1n) is 10.2. The molecule has 1 aliphatic heterocycles. The fourth-order valence-electron chi connectivity index (χ4n) is 3.90. The van der Waals surface area contributed by atoms with E-state index < -0.39 is 11.6 Å². The second kappa shape index (κ2) is 12.2. The molecular weight excluding hydrogens is 501 g/mol. The van der Waals surface area contributed by atoms with E-state index in [0.717, 1.165) is 64.1 Å². The molecule has 1 fully saturated rings. The number of nitrogens with zero attached hydrogens (tertiary/aromatic N) is 5. The lowest BCUT2D eigenvalue weighted by atomic mass is 10.0. The van der Waals surface area contributed by atoms with Crippen molar-refractivity contribution in [2.45, 2.75) is 32.4 Å². The van der Waals surface area contributed by atoms with Crippen molar-refractivity contribution in [2.24, 2.45) is 4.99 Å². The molecular formula is C21H31F2IN6. The number of aromatic nitrogens is 2.